The van der Waals surface area contributed by atoms with Gasteiger partial charge in [-0.3, -0.25) is 0 Å². The molecule has 4 atom stereocenters. The Balaban J connectivity index is 1.41. The Hall–Kier alpha value is -3.16. The highest BCUT2D eigenvalue weighted by Crippen LogP contribution is 2.60. The van der Waals surface area contributed by atoms with Crippen molar-refractivity contribution in [3.63, 3.8) is 0 Å². The highest BCUT2D eigenvalue weighted by Gasteiger charge is 2.55. The summed E-state index contributed by atoms with van der Waals surface area (Å²) < 4.78 is 57.3. The molecule has 2 heterocycles. The molecule has 8 heteroatoms. The van der Waals surface area contributed by atoms with Crippen molar-refractivity contribution in [1.29, 1.82) is 0 Å². The third kappa shape index (κ3) is 3.18. The summed E-state index contributed by atoms with van der Waals surface area (Å²) in [6.07, 6.45) is 6.68. The lowest BCUT2D eigenvalue weighted by Gasteiger charge is -2.50. The van der Waals surface area contributed by atoms with Crippen LogP contribution in [-0.4, -0.2) is 25.9 Å². The van der Waals surface area contributed by atoms with Gasteiger partial charge in [0.05, 0.1) is 23.5 Å². The zero-order chi connectivity index (χ0) is 23.7. The molecule has 1 fully saturated rings. The van der Waals surface area contributed by atoms with Crippen molar-refractivity contribution in [3.05, 3.63) is 83.0 Å². The number of halogens is 4. The van der Waals surface area contributed by atoms with Crippen molar-refractivity contribution in [3.8, 4) is 5.69 Å². The predicted molar refractivity (Wildman–Crippen MR) is 120 cm³/mol. The van der Waals surface area contributed by atoms with E-state index >= 15 is 0 Å². The highest BCUT2D eigenvalue weighted by atomic mass is 19.4. The second-order valence-corrected chi connectivity index (χ2v) is 9.81. The number of imidazole rings is 1. The number of nitrogens with one attached hydrogen (secondary N) is 1. The molecule has 0 aliphatic heterocycles. The number of alkyl halides is 3. The average molecular weight is 468 g/mol. The molecule has 3 aliphatic rings. The molecule has 34 heavy (non-hydrogen) atoms. The molecule has 1 saturated carbocycles. The van der Waals surface area contributed by atoms with Crippen LogP contribution in [0.25, 0.3) is 11.8 Å². The number of aromatic nitrogens is 4. The van der Waals surface area contributed by atoms with E-state index in [1.165, 1.54) is 23.9 Å². The minimum Gasteiger partial charge on any atom is -0.348 e. The van der Waals surface area contributed by atoms with Crippen molar-refractivity contribution in [2.24, 2.45) is 17.3 Å². The standard InChI is InChI=1S/C26H24F4N4/c1-25-13-15-14-33-34(18-5-3-17(27)4-6-18)22(15)12-16(25)2-7-19-20(25)8-9-21(26(28,29)30)23(19)24-31-10-11-32-24/h3-6,8,10-12,14,19,21,23H,2,7,9,13H2,1H3,(H,31,32)/t19-,21+,23+,25-/m0/s1. The molecule has 6 rings (SSSR count). The maximum Gasteiger partial charge on any atom is 0.392 e. The van der Waals surface area contributed by atoms with E-state index in [-0.39, 0.29) is 23.6 Å². The molecule has 0 amide bonds. The second-order valence-electron chi connectivity index (χ2n) is 9.81. The second kappa shape index (κ2) is 7.42. The molecule has 176 valence electrons. The van der Waals surface area contributed by atoms with Crippen LogP contribution in [0, 0.1) is 23.1 Å². The molecule has 3 aliphatic carbocycles. The number of benzene rings is 1. The fourth-order valence-electron chi connectivity index (χ4n) is 6.41. The summed E-state index contributed by atoms with van der Waals surface area (Å²) in [6.45, 7) is 2.15. The first-order chi connectivity index (χ1) is 16.3. The third-order valence-corrected chi connectivity index (χ3v) is 8.00. The Morgan fingerprint density at radius 3 is 2.68 bits per heavy atom. The fourth-order valence-corrected chi connectivity index (χ4v) is 6.41. The molecule has 0 radical (unpaired) electrons. The molecule has 4 nitrogen and oxygen atoms in total. The van der Waals surface area contributed by atoms with Crippen LogP contribution in [-0.2, 0) is 6.42 Å². The summed E-state index contributed by atoms with van der Waals surface area (Å²) in [5.41, 5.74) is 4.74. The van der Waals surface area contributed by atoms with Gasteiger partial charge < -0.3 is 4.98 Å². The first-order valence-electron chi connectivity index (χ1n) is 11.6. The quantitative estimate of drug-likeness (QED) is 0.350. The fraction of sp³-hybridized carbons (Fsp3) is 0.385. The summed E-state index contributed by atoms with van der Waals surface area (Å²) in [5.74, 6) is -2.25. The van der Waals surface area contributed by atoms with Crippen molar-refractivity contribution >= 4 is 6.08 Å². The number of fused-ring (bicyclic) bond motifs is 4. The van der Waals surface area contributed by atoms with E-state index in [0.29, 0.717) is 25.1 Å². The molecule has 0 unspecified atom stereocenters. The van der Waals surface area contributed by atoms with Crippen molar-refractivity contribution in [2.75, 3.05) is 0 Å². The van der Waals surface area contributed by atoms with Gasteiger partial charge in [-0.05, 0) is 67.5 Å². The van der Waals surface area contributed by atoms with E-state index < -0.39 is 18.0 Å². The third-order valence-electron chi connectivity index (χ3n) is 8.00. The molecule has 3 aromatic rings. The van der Waals surface area contributed by atoms with Crippen LogP contribution in [0.4, 0.5) is 17.6 Å². The lowest BCUT2D eigenvalue weighted by atomic mass is 9.54. The SMILES string of the molecule is C[C@]12Cc3cnn(-c4ccc(F)cc4)c3C=C1CC[C@H]1C2=CC[C@@H](C(F)(F)F)[C@@H]1c1ncc[nH]1. The van der Waals surface area contributed by atoms with Gasteiger partial charge in [-0.15, -0.1) is 0 Å². The highest BCUT2D eigenvalue weighted by molar-refractivity contribution is 5.64. The molecular weight excluding hydrogens is 444 g/mol. The number of allylic oxidation sites excluding steroid dienone is 3. The summed E-state index contributed by atoms with van der Waals surface area (Å²) in [7, 11) is 0. The number of nitrogens with zero attached hydrogens (tertiary/aromatic N) is 3. The molecule has 0 bridgehead atoms. The van der Waals surface area contributed by atoms with Gasteiger partial charge in [0.15, 0.2) is 0 Å². The monoisotopic (exact) mass is 468 g/mol. The molecule has 1 N–H and O–H groups in total. The van der Waals surface area contributed by atoms with E-state index in [1.54, 1.807) is 18.3 Å². The number of H-pyrrole nitrogens is 1. The van der Waals surface area contributed by atoms with Crippen molar-refractivity contribution in [2.45, 2.75) is 44.7 Å². The van der Waals surface area contributed by atoms with Gasteiger partial charge in [0, 0.05) is 23.7 Å². The van der Waals surface area contributed by atoms with Gasteiger partial charge in [0.2, 0.25) is 0 Å². The molecule has 0 spiro atoms. The Bertz CT molecular complexity index is 1280. The van der Waals surface area contributed by atoms with Gasteiger partial charge in [0.1, 0.15) is 11.6 Å². The number of aromatic amines is 1. The van der Waals surface area contributed by atoms with Crippen molar-refractivity contribution < 1.29 is 17.6 Å². The van der Waals surface area contributed by atoms with E-state index in [2.05, 4.69) is 28.1 Å². The summed E-state index contributed by atoms with van der Waals surface area (Å²) in [4.78, 5) is 7.24. The number of hydrogen-bond donors (Lipinski definition) is 1. The van der Waals surface area contributed by atoms with Crippen LogP contribution in [0.2, 0.25) is 0 Å². The summed E-state index contributed by atoms with van der Waals surface area (Å²) >= 11 is 0. The maximum atomic E-state index is 14.0. The first-order valence-corrected chi connectivity index (χ1v) is 11.6. The van der Waals surface area contributed by atoms with Gasteiger partial charge in [-0.25, -0.2) is 14.1 Å². The van der Waals surface area contributed by atoms with Gasteiger partial charge >= 0.3 is 6.18 Å². The Morgan fingerprint density at radius 1 is 1.18 bits per heavy atom. The Kier molecular flexibility index (Phi) is 4.66. The zero-order valence-corrected chi connectivity index (χ0v) is 18.6. The average Bonchev–Trinajstić information content (AvgIpc) is 3.46. The number of hydrogen-bond acceptors (Lipinski definition) is 2. The van der Waals surface area contributed by atoms with Crippen LogP contribution in [0.5, 0.6) is 0 Å². The minimum atomic E-state index is -4.29. The number of rotatable bonds is 2. The zero-order valence-electron chi connectivity index (χ0n) is 18.6. The normalized spacial score (nSPS) is 28.4. The van der Waals surface area contributed by atoms with Gasteiger partial charge in [0.25, 0.3) is 0 Å². The topological polar surface area (TPSA) is 46.5 Å². The lowest BCUT2D eigenvalue weighted by molar-refractivity contribution is -0.186. The molecule has 1 aromatic carbocycles. The van der Waals surface area contributed by atoms with E-state index in [0.717, 1.165) is 22.5 Å². The Labute approximate surface area is 194 Å². The molecule has 0 saturated heterocycles. The molecule has 2 aromatic heterocycles. The first kappa shape index (κ1) is 21.4. The summed E-state index contributed by atoms with van der Waals surface area (Å²) in [6, 6.07) is 6.21. The van der Waals surface area contributed by atoms with Gasteiger partial charge in [-0.1, -0.05) is 24.1 Å². The van der Waals surface area contributed by atoms with Crippen LogP contribution >= 0.6 is 0 Å². The largest absolute Gasteiger partial charge is 0.392 e. The molecular formula is C26H24F4N4. The van der Waals surface area contributed by atoms with Crippen molar-refractivity contribution in [1.82, 2.24) is 19.7 Å². The van der Waals surface area contributed by atoms with Gasteiger partial charge in [-0.2, -0.15) is 18.3 Å². The maximum absolute atomic E-state index is 14.0. The lowest BCUT2D eigenvalue weighted by Crippen LogP contribution is -2.44. The van der Waals surface area contributed by atoms with E-state index in [9.17, 15) is 17.6 Å². The van der Waals surface area contributed by atoms with E-state index in [4.69, 9.17) is 0 Å². The van der Waals surface area contributed by atoms with Crippen LogP contribution in [0.15, 0.2) is 60.1 Å². The predicted octanol–water partition coefficient (Wildman–Crippen LogP) is 6.38. The van der Waals surface area contributed by atoms with Crippen LogP contribution in [0.3, 0.4) is 0 Å². The summed E-state index contributed by atoms with van der Waals surface area (Å²) in [5, 5.41) is 4.56. The Morgan fingerprint density at radius 2 is 1.97 bits per heavy atom. The smallest absolute Gasteiger partial charge is 0.348 e. The van der Waals surface area contributed by atoms with Crippen LogP contribution < -0.4 is 0 Å². The van der Waals surface area contributed by atoms with E-state index in [1.807, 2.05) is 17.0 Å². The minimum absolute atomic E-state index is 0.0364. The van der Waals surface area contributed by atoms with Crippen LogP contribution in [0.1, 0.15) is 49.2 Å².